The second kappa shape index (κ2) is 10.5. The van der Waals surface area contributed by atoms with Crippen LogP contribution in [0.1, 0.15) is 0 Å². The van der Waals surface area contributed by atoms with Crippen molar-refractivity contribution in [2.24, 2.45) is 0 Å². The Bertz CT molecular complexity index is 2530. The van der Waals surface area contributed by atoms with Crippen molar-refractivity contribution in [2.75, 3.05) is 0 Å². The van der Waals surface area contributed by atoms with Crippen LogP contribution in [0.2, 0.25) is 0 Å². The number of hydrogen-bond donors (Lipinski definition) is 0. The first-order chi connectivity index (χ1) is 22.3. The minimum atomic E-state index is 0.894. The predicted octanol–water partition coefficient (Wildman–Crippen LogP) is 11.8. The van der Waals surface area contributed by atoms with E-state index in [2.05, 4.69) is 146 Å². The molecule has 0 bridgehead atoms. The molecule has 0 spiro atoms. The van der Waals surface area contributed by atoms with Crippen molar-refractivity contribution in [3.05, 3.63) is 158 Å². The van der Waals surface area contributed by atoms with Crippen LogP contribution in [-0.4, -0.2) is 9.97 Å². The lowest BCUT2D eigenvalue weighted by molar-refractivity contribution is 1.30. The first-order valence-corrected chi connectivity index (χ1v) is 16.0. The maximum atomic E-state index is 5.39. The molecule has 7 aromatic carbocycles. The lowest BCUT2D eigenvalue weighted by Crippen LogP contribution is -1.97. The average Bonchev–Trinajstić information content (AvgIpc) is 3.50. The van der Waals surface area contributed by atoms with Crippen LogP contribution in [0.25, 0.3) is 86.7 Å². The van der Waals surface area contributed by atoms with E-state index in [1.165, 1.54) is 53.2 Å². The molecule has 0 radical (unpaired) electrons. The number of thiophene rings is 1. The van der Waals surface area contributed by atoms with Gasteiger partial charge in [-0.2, -0.15) is 0 Å². The molecule has 0 fully saturated rings. The fourth-order valence-electron chi connectivity index (χ4n) is 6.64. The monoisotopic (exact) mass is 590 g/mol. The second-order valence-electron chi connectivity index (χ2n) is 11.3. The van der Waals surface area contributed by atoms with E-state index >= 15 is 0 Å². The van der Waals surface area contributed by atoms with E-state index in [9.17, 15) is 0 Å². The third kappa shape index (κ3) is 4.24. The highest BCUT2D eigenvalue weighted by atomic mass is 32.1. The molecule has 0 unspecified atom stereocenters. The standard InChI is InChI=1S/C42H26N2S/c1-3-14-27(15-4-1)29-18-13-19-30(26-29)37-31-20-7-8-21-32(31)39(42-38(37)33-22-9-12-25-36(33)45-42)41-40(28-16-5-2-6-17-28)43-34-23-10-11-24-35(34)44-41/h1-26H. The van der Waals surface area contributed by atoms with Crippen LogP contribution >= 0.6 is 11.3 Å². The Balaban J connectivity index is 1.45. The Kier molecular flexibility index (Phi) is 6.03. The van der Waals surface area contributed by atoms with Gasteiger partial charge in [0.05, 0.1) is 22.4 Å². The van der Waals surface area contributed by atoms with Gasteiger partial charge in [0.2, 0.25) is 0 Å². The van der Waals surface area contributed by atoms with Gasteiger partial charge in [0.15, 0.2) is 0 Å². The molecule has 2 nitrogen and oxygen atoms in total. The summed E-state index contributed by atoms with van der Waals surface area (Å²) in [5, 5.41) is 4.92. The molecule has 0 atom stereocenters. The molecule has 2 aromatic heterocycles. The number of nitrogens with zero attached hydrogens (tertiary/aromatic N) is 2. The first kappa shape index (κ1) is 25.8. The van der Waals surface area contributed by atoms with Gasteiger partial charge in [-0.3, -0.25) is 0 Å². The largest absolute Gasteiger partial charge is 0.244 e. The zero-order valence-electron chi connectivity index (χ0n) is 24.3. The fourth-order valence-corrected chi connectivity index (χ4v) is 7.91. The van der Waals surface area contributed by atoms with Crippen LogP contribution in [0, 0.1) is 0 Å². The quantitative estimate of drug-likeness (QED) is 0.204. The lowest BCUT2D eigenvalue weighted by Gasteiger charge is -2.18. The molecule has 0 aliphatic carbocycles. The van der Waals surface area contributed by atoms with Gasteiger partial charge in [-0.05, 0) is 57.3 Å². The summed E-state index contributed by atoms with van der Waals surface area (Å²) < 4.78 is 2.50. The Morgan fingerprint density at radius 2 is 0.911 bits per heavy atom. The van der Waals surface area contributed by atoms with Crippen LogP contribution in [0.15, 0.2) is 158 Å². The van der Waals surface area contributed by atoms with Crippen LogP contribution in [0.3, 0.4) is 0 Å². The highest BCUT2D eigenvalue weighted by Crippen LogP contribution is 2.51. The van der Waals surface area contributed by atoms with E-state index in [1.807, 2.05) is 23.5 Å². The number of fused-ring (bicyclic) bond motifs is 5. The van der Waals surface area contributed by atoms with E-state index in [0.717, 1.165) is 33.5 Å². The topological polar surface area (TPSA) is 25.8 Å². The van der Waals surface area contributed by atoms with E-state index in [0.29, 0.717) is 0 Å². The van der Waals surface area contributed by atoms with Gasteiger partial charge in [0.1, 0.15) is 0 Å². The van der Waals surface area contributed by atoms with Crippen molar-refractivity contribution in [2.45, 2.75) is 0 Å². The molecular weight excluding hydrogens is 565 g/mol. The van der Waals surface area contributed by atoms with E-state index in [4.69, 9.17) is 9.97 Å². The molecule has 210 valence electrons. The molecule has 2 heterocycles. The molecule has 0 N–H and O–H groups in total. The number of rotatable bonds is 4. The smallest absolute Gasteiger partial charge is 0.0993 e. The van der Waals surface area contributed by atoms with Gasteiger partial charge in [0, 0.05) is 31.3 Å². The normalized spacial score (nSPS) is 11.6. The Morgan fingerprint density at radius 1 is 0.378 bits per heavy atom. The van der Waals surface area contributed by atoms with E-state index in [1.54, 1.807) is 0 Å². The summed E-state index contributed by atoms with van der Waals surface area (Å²) in [4.78, 5) is 10.6. The zero-order valence-corrected chi connectivity index (χ0v) is 25.1. The third-order valence-corrected chi connectivity index (χ3v) is 9.84. The van der Waals surface area contributed by atoms with Gasteiger partial charge in [-0.15, -0.1) is 11.3 Å². The van der Waals surface area contributed by atoms with Crippen molar-refractivity contribution in [3.63, 3.8) is 0 Å². The van der Waals surface area contributed by atoms with Crippen molar-refractivity contribution in [1.29, 1.82) is 0 Å². The molecular formula is C42H26N2S. The van der Waals surface area contributed by atoms with E-state index in [-0.39, 0.29) is 0 Å². The predicted molar refractivity (Wildman–Crippen MR) is 192 cm³/mol. The van der Waals surface area contributed by atoms with Gasteiger partial charge in [-0.1, -0.05) is 133 Å². The average molecular weight is 591 g/mol. The SMILES string of the molecule is c1ccc(-c2cccc(-c3c4ccccc4c(-c4nc5ccccc5nc4-c4ccccc4)c4sc5ccccc5c34)c2)cc1. The molecule has 0 aliphatic rings. The summed E-state index contributed by atoms with van der Waals surface area (Å²) in [5.74, 6) is 0. The van der Waals surface area contributed by atoms with Crippen molar-refractivity contribution < 1.29 is 0 Å². The van der Waals surface area contributed by atoms with Gasteiger partial charge < -0.3 is 0 Å². The van der Waals surface area contributed by atoms with Crippen LogP contribution in [-0.2, 0) is 0 Å². The first-order valence-electron chi connectivity index (χ1n) is 15.2. The van der Waals surface area contributed by atoms with Crippen LogP contribution in [0.4, 0.5) is 0 Å². The Morgan fingerprint density at radius 3 is 1.64 bits per heavy atom. The number of para-hydroxylation sites is 2. The van der Waals surface area contributed by atoms with Crippen LogP contribution in [0.5, 0.6) is 0 Å². The minimum Gasteiger partial charge on any atom is -0.244 e. The maximum Gasteiger partial charge on any atom is 0.0993 e. The number of hydrogen-bond acceptors (Lipinski definition) is 3. The van der Waals surface area contributed by atoms with Gasteiger partial charge in [0.25, 0.3) is 0 Å². The number of benzene rings is 7. The summed E-state index contributed by atoms with van der Waals surface area (Å²) in [5.41, 5.74) is 10.7. The molecule has 45 heavy (non-hydrogen) atoms. The summed E-state index contributed by atoms with van der Waals surface area (Å²) >= 11 is 1.85. The molecule has 9 aromatic rings. The minimum absolute atomic E-state index is 0.894. The summed E-state index contributed by atoms with van der Waals surface area (Å²) in [6.45, 7) is 0. The molecule has 0 saturated heterocycles. The molecule has 9 rings (SSSR count). The van der Waals surface area contributed by atoms with Gasteiger partial charge >= 0.3 is 0 Å². The van der Waals surface area contributed by atoms with Crippen molar-refractivity contribution in [3.8, 4) is 44.8 Å². The highest BCUT2D eigenvalue weighted by Gasteiger charge is 2.24. The van der Waals surface area contributed by atoms with Crippen LogP contribution < -0.4 is 0 Å². The highest BCUT2D eigenvalue weighted by molar-refractivity contribution is 7.26. The van der Waals surface area contributed by atoms with Crippen molar-refractivity contribution >= 4 is 53.3 Å². The summed E-state index contributed by atoms with van der Waals surface area (Å²) in [6.07, 6.45) is 0. The maximum absolute atomic E-state index is 5.39. The fraction of sp³-hybridized carbons (Fsp3) is 0. The zero-order chi connectivity index (χ0) is 29.7. The molecule has 0 aliphatic heterocycles. The Labute approximate surface area is 264 Å². The van der Waals surface area contributed by atoms with Gasteiger partial charge in [-0.25, -0.2) is 9.97 Å². The Hall–Kier alpha value is -5.64. The number of aromatic nitrogens is 2. The summed E-state index contributed by atoms with van der Waals surface area (Å²) in [7, 11) is 0. The molecule has 0 amide bonds. The second-order valence-corrected chi connectivity index (χ2v) is 12.4. The van der Waals surface area contributed by atoms with Crippen molar-refractivity contribution in [1.82, 2.24) is 9.97 Å². The molecule has 3 heteroatoms. The third-order valence-electron chi connectivity index (χ3n) is 8.65. The summed E-state index contributed by atoms with van der Waals surface area (Å²) in [6, 6.07) is 55.9. The van der Waals surface area contributed by atoms with E-state index < -0.39 is 0 Å². The lowest BCUT2D eigenvalue weighted by atomic mass is 9.87. The molecule has 0 saturated carbocycles.